The fourth-order valence-electron chi connectivity index (χ4n) is 1.69. The minimum absolute atomic E-state index is 0.165. The van der Waals surface area contributed by atoms with Gasteiger partial charge in [-0.25, -0.2) is 4.79 Å². The van der Waals surface area contributed by atoms with E-state index >= 15 is 0 Å². The van der Waals surface area contributed by atoms with Gasteiger partial charge >= 0.3 is 5.97 Å². The van der Waals surface area contributed by atoms with Crippen molar-refractivity contribution in [1.82, 2.24) is 0 Å². The standard InChI is InChI=1S/C12H19ClO2/c1-10(2,3)8-7-9(14)15-12(8,13)11(4,5)6/h7H,1-6H3/t12-/m1/s1. The molecule has 0 bridgehead atoms. The molecule has 1 heterocycles. The van der Waals surface area contributed by atoms with E-state index < -0.39 is 5.06 Å². The summed E-state index contributed by atoms with van der Waals surface area (Å²) in [6.07, 6.45) is 1.53. The first-order chi connectivity index (χ1) is 6.48. The molecule has 1 aliphatic rings. The van der Waals surface area contributed by atoms with Crippen LogP contribution in [0.1, 0.15) is 41.5 Å². The highest BCUT2D eigenvalue weighted by molar-refractivity contribution is 6.27. The van der Waals surface area contributed by atoms with Crippen LogP contribution in [0, 0.1) is 10.8 Å². The molecular formula is C12H19ClO2. The lowest BCUT2D eigenvalue weighted by Crippen LogP contribution is -2.43. The van der Waals surface area contributed by atoms with Crippen LogP contribution in [-0.4, -0.2) is 11.0 Å². The van der Waals surface area contributed by atoms with Crippen LogP contribution in [0.15, 0.2) is 11.6 Å². The van der Waals surface area contributed by atoms with Gasteiger partial charge in [0.2, 0.25) is 5.06 Å². The minimum Gasteiger partial charge on any atom is -0.435 e. The van der Waals surface area contributed by atoms with Gasteiger partial charge in [0.15, 0.2) is 0 Å². The molecule has 0 spiro atoms. The van der Waals surface area contributed by atoms with Crippen LogP contribution >= 0.6 is 11.6 Å². The summed E-state index contributed by atoms with van der Waals surface area (Å²) in [5.74, 6) is -0.343. The summed E-state index contributed by atoms with van der Waals surface area (Å²) >= 11 is 6.48. The summed E-state index contributed by atoms with van der Waals surface area (Å²) in [7, 11) is 0. The molecule has 0 radical (unpaired) electrons. The number of alkyl halides is 1. The van der Waals surface area contributed by atoms with Crippen molar-refractivity contribution in [1.29, 1.82) is 0 Å². The second-order valence-corrected chi connectivity index (χ2v) is 6.61. The van der Waals surface area contributed by atoms with E-state index in [1.165, 1.54) is 6.08 Å². The molecule has 1 rings (SSSR count). The monoisotopic (exact) mass is 230 g/mol. The van der Waals surface area contributed by atoms with Gasteiger partial charge in [-0.3, -0.25) is 0 Å². The molecule has 0 amide bonds. The number of ether oxygens (including phenoxy) is 1. The van der Waals surface area contributed by atoms with E-state index in [9.17, 15) is 4.79 Å². The predicted molar refractivity (Wildman–Crippen MR) is 61.7 cm³/mol. The highest BCUT2D eigenvalue weighted by atomic mass is 35.5. The highest BCUT2D eigenvalue weighted by Crippen LogP contribution is 2.52. The molecule has 3 heteroatoms. The van der Waals surface area contributed by atoms with Crippen molar-refractivity contribution in [2.45, 2.75) is 46.6 Å². The lowest BCUT2D eigenvalue weighted by atomic mass is 9.74. The van der Waals surface area contributed by atoms with E-state index in [1.807, 2.05) is 41.5 Å². The third kappa shape index (κ3) is 2.05. The third-order valence-electron chi connectivity index (χ3n) is 2.62. The maximum atomic E-state index is 11.4. The second kappa shape index (κ2) is 3.24. The molecule has 1 atom stereocenters. The zero-order valence-corrected chi connectivity index (χ0v) is 11.0. The predicted octanol–water partition coefficient (Wildman–Crippen LogP) is 3.50. The average Bonchev–Trinajstić information content (AvgIpc) is 2.24. The molecule has 15 heavy (non-hydrogen) atoms. The second-order valence-electron chi connectivity index (χ2n) is 6.07. The van der Waals surface area contributed by atoms with E-state index in [-0.39, 0.29) is 16.8 Å². The Bertz CT molecular complexity index is 317. The van der Waals surface area contributed by atoms with Gasteiger partial charge in [-0.1, -0.05) is 53.1 Å². The number of halogens is 1. The summed E-state index contributed by atoms with van der Waals surface area (Å²) in [6.45, 7) is 12.0. The molecule has 0 aromatic heterocycles. The Kier molecular flexibility index (Phi) is 2.72. The van der Waals surface area contributed by atoms with Crippen LogP contribution in [0.5, 0.6) is 0 Å². The fraction of sp³-hybridized carbons (Fsp3) is 0.750. The van der Waals surface area contributed by atoms with Crippen molar-refractivity contribution in [2.24, 2.45) is 10.8 Å². The fourth-order valence-corrected chi connectivity index (χ4v) is 2.10. The summed E-state index contributed by atoms with van der Waals surface area (Å²) in [4.78, 5) is 11.4. The molecule has 0 aromatic rings. The van der Waals surface area contributed by atoms with E-state index in [0.29, 0.717) is 0 Å². The molecular weight excluding hydrogens is 212 g/mol. The summed E-state index contributed by atoms with van der Waals surface area (Å²) in [5.41, 5.74) is 0.371. The molecule has 0 unspecified atom stereocenters. The quantitative estimate of drug-likeness (QED) is 0.470. The van der Waals surface area contributed by atoms with Crippen molar-refractivity contribution in [3.63, 3.8) is 0 Å². The molecule has 2 nitrogen and oxygen atoms in total. The van der Waals surface area contributed by atoms with Gasteiger partial charge in [-0.15, -0.1) is 0 Å². The van der Waals surface area contributed by atoms with Crippen molar-refractivity contribution in [2.75, 3.05) is 0 Å². The smallest absolute Gasteiger partial charge is 0.332 e. The molecule has 0 N–H and O–H groups in total. The number of esters is 1. The highest BCUT2D eigenvalue weighted by Gasteiger charge is 2.53. The zero-order chi connectivity index (χ0) is 12.1. The van der Waals surface area contributed by atoms with E-state index in [1.54, 1.807) is 0 Å². The molecule has 0 saturated carbocycles. The van der Waals surface area contributed by atoms with Gasteiger partial charge in [0, 0.05) is 17.1 Å². The molecule has 0 fully saturated rings. The maximum absolute atomic E-state index is 11.4. The molecule has 86 valence electrons. The molecule has 0 aromatic carbocycles. The zero-order valence-electron chi connectivity index (χ0n) is 10.3. The lowest BCUT2D eigenvalue weighted by Gasteiger charge is -2.41. The van der Waals surface area contributed by atoms with Gasteiger partial charge < -0.3 is 4.74 Å². The number of hydrogen-bond acceptors (Lipinski definition) is 2. The van der Waals surface area contributed by atoms with Crippen molar-refractivity contribution in [3.8, 4) is 0 Å². The number of carbonyl (C=O) groups excluding carboxylic acids is 1. The summed E-state index contributed by atoms with van der Waals surface area (Å²) in [5, 5.41) is -1.01. The van der Waals surface area contributed by atoms with Crippen molar-refractivity contribution in [3.05, 3.63) is 11.6 Å². The van der Waals surface area contributed by atoms with Crippen LogP contribution in [0.4, 0.5) is 0 Å². The Morgan fingerprint density at radius 2 is 1.67 bits per heavy atom. The number of rotatable bonds is 0. The maximum Gasteiger partial charge on any atom is 0.332 e. The van der Waals surface area contributed by atoms with Gasteiger partial charge in [0.1, 0.15) is 0 Å². The van der Waals surface area contributed by atoms with Crippen LogP contribution in [-0.2, 0) is 9.53 Å². The Morgan fingerprint density at radius 3 is 1.93 bits per heavy atom. The summed E-state index contributed by atoms with van der Waals surface area (Å²) < 4.78 is 5.29. The molecule has 0 aliphatic carbocycles. The average molecular weight is 231 g/mol. The largest absolute Gasteiger partial charge is 0.435 e. The van der Waals surface area contributed by atoms with Gasteiger partial charge in [-0.05, 0) is 5.41 Å². The van der Waals surface area contributed by atoms with E-state index in [4.69, 9.17) is 16.3 Å². The number of hydrogen-bond donors (Lipinski definition) is 0. The first-order valence-electron chi connectivity index (χ1n) is 5.13. The van der Waals surface area contributed by atoms with Gasteiger partial charge in [0.25, 0.3) is 0 Å². The lowest BCUT2D eigenvalue weighted by molar-refractivity contribution is -0.146. The van der Waals surface area contributed by atoms with Crippen LogP contribution in [0.25, 0.3) is 0 Å². The first-order valence-corrected chi connectivity index (χ1v) is 5.51. The van der Waals surface area contributed by atoms with Crippen molar-refractivity contribution < 1.29 is 9.53 Å². The van der Waals surface area contributed by atoms with Crippen LogP contribution < -0.4 is 0 Å². The molecule has 0 saturated heterocycles. The Balaban J connectivity index is 3.24. The van der Waals surface area contributed by atoms with Gasteiger partial charge in [-0.2, -0.15) is 0 Å². The Labute approximate surface area is 96.6 Å². The minimum atomic E-state index is -1.01. The summed E-state index contributed by atoms with van der Waals surface area (Å²) in [6, 6.07) is 0. The van der Waals surface area contributed by atoms with E-state index in [2.05, 4.69) is 0 Å². The van der Waals surface area contributed by atoms with Crippen molar-refractivity contribution >= 4 is 17.6 Å². The SMILES string of the molecule is CC(C)(C)C1=CC(=O)O[C@@]1(Cl)C(C)(C)C. The first kappa shape index (κ1) is 12.6. The van der Waals surface area contributed by atoms with Crippen LogP contribution in [0.3, 0.4) is 0 Å². The third-order valence-corrected chi connectivity index (χ3v) is 3.47. The Morgan fingerprint density at radius 1 is 1.20 bits per heavy atom. The topological polar surface area (TPSA) is 26.3 Å². The number of carbonyl (C=O) groups is 1. The molecule has 1 aliphatic heterocycles. The van der Waals surface area contributed by atoms with Crippen LogP contribution in [0.2, 0.25) is 0 Å². The number of cyclic esters (lactones) is 1. The van der Waals surface area contributed by atoms with Gasteiger partial charge in [0.05, 0.1) is 0 Å². The normalized spacial score (nSPS) is 27.7. The Hall–Kier alpha value is -0.500. The van der Waals surface area contributed by atoms with E-state index in [0.717, 1.165) is 5.57 Å².